The van der Waals surface area contributed by atoms with Crippen molar-refractivity contribution in [1.29, 1.82) is 0 Å². The molecule has 8 heteroatoms. The summed E-state index contributed by atoms with van der Waals surface area (Å²) in [5, 5.41) is 4.53. The Morgan fingerprint density at radius 1 is 1.26 bits per heavy atom. The largest absolute Gasteiger partial charge is 0.356 e. The zero-order valence-electron chi connectivity index (χ0n) is 14.8. The van der Waals surface area contributed by atoms with Crippen molar-refractivity contribution < 1.29 is 0 Å². The quantitative estimate of drug-likeness (QED) is 0.434. The molecule has 0 spiro atoms. The van der Waals surface area contributed by atoms with E-state index in [1.165, 1.54) is 11.5 Å². The zero-order chi connectivity index (χ0) is 16.2. The third-order valence-corrected chi connectivity index (χ3v) is 4.43. The second kappa shape index (κ2) is 9.00. The third kappa shape index (κ3) is 6.06. The maximum atomic E-state index is 4.58. The summed E-state index contributed by atoms with van der Waals surface area (Å²) in [5.74, 6) is 1.95. The van der Waals surface area contributed by atoms with Crippen LogP contribution in [0.1, 0.15) is 33.5 Å². The van der Waals surface area contributed by atoms with E-state index in [9.17, 15) is 0 Å². The minimum Gasteiger partial charge on any atom is -0.356 e. The van der Waals surface area contributed by atoms with Gasteiger partial charge in [-0.1, -0.05) is 27.7 Å². The van der Waals surface area contributed by atoms with Crippen molar-refractivity contribution >= 4 is 46.6 Å². The Balaban J connectivity index is 0.00000264. The Morgan fingerprint density at radius 2 is 1.91 bits per heavy atom. The predicted molar refractivity (Wildman–Crippen MR) is 109 cm³/mol. The van der Waals surface area contributed by atoms with Crippen molar-refractivity contribution in [3.8, 4) is 0 Å². The summed E-state index contributed by atoms with van der Waals surface area (Å²) in [5.41, 5.74) is 0.251. The number of aromatic nitrogens is 2. The van der Waals surface area contributed by atoms with Crippen LogP contribution in [0.5, 0.6) is 0 Å². The SMILES string of the molecule is CCc1nsc(N2CCN(C(=NC)NCC(C)(C)C)CC2)n1.I. The third-order valence-electron chi connectivity index (χ3n) is 3.61. The van der Waals surface area contributed by atoms with Gasteiger partial charge in [-0.15, -0.1) is 24.0 Å². The van der Waals surface area contributed by atoms with Gasteiger partial charge in [-0.25, -0.2) is 4.98 Å². The summed E-state index contributed by atoms with van der Waals surface area (Å²) >= 11 is 1.51. The fourth-order valence-electron chi connectivity index (χ4n) is 2.30. The summed E-state index contributed by atoms with van der Waals surface area (Å²) in [6.45, 7) is 13.6. The Labute approximate surface area is 160 Å². The van der Waals surface area contributed by atoms with Crippen LogP contribution in [0.4, 0.5) is 5.13 Å². The number of guanidine groups is 1. The van der Waals surface area contributed by atoms with Gasteiger partial charge in [-0.2, -0.15) is 4.37 Å². The lowest BCUT2D eigenvalue weighted by Crippen LogP contribution is -2.53. The molecular weight excluding hydrogens is 423 g/mol. The van der Waals surface area contributed by atoms with Crippen LogP contribution in [-0.4, -0.2) is 60.0 Å². The topological polar surface area (TPSA) is 56.7 Å². The fraction of sp³-hybridized carbons (Fsp3) is 0.800. The molecule has 2 heterocycles. The van der Waals surface area contributed by atoms with Crippen LogP contribution in [0.25, 0.3) is 0 Å². The lowest BCUT2D eigenvalue weighted by molar-refractivity contribution is 0.352. The average molecular weight is 452 g/mol. The number of aliphatic imine (C=N–C) groups is 1. The van der Waals surface area contributed by atoms with Crippen LogP contribution in [0.3, 0.4) is 0 Å². The maximum absolute atomic E-state index is 4.58. The molecule has 1 aromatic rings. The second-order valence-corrected chi connectivity index (χ2v) is 7.51. The van der Waals surface area contributed by atoms with E-state index in [4.69, 9.17) is 0 Å². The van der Waals surface area contributed by atoms with Gasteiger partial charge < -0.3 is 15.1 Å². The number of rotatable bonds is 3. The highest BCUT2D eigenvalue weighted by Gasteiger charge is 2.22. The minimum atomic E-state index is 0. The number of nitrogens with one attached hydrogen (secondary N) is 1. The van der Waals surface area contributed by atoms with E-state index < -0.39 is 0 Å². The monoisotopic (exact) mass is 452 g/mol. The number of hydrogen-bond acceptors (Lipinski definition) is 5. The molecule has 1 aliphatic heterocycles. The molecule has 0 bridgehead atoms. The molecule has 0 unspecified atom stereocenters. The first-order chi connectivity index (χ1) is 10.4. The van der Waals surface area contributed by atoms with Crippen molar-refractivity contribution in [2.24, 2.45) is 10.4 Å². The Morgan fingerprint density at radius 3 is 2.39 bits per heavy atom. The highest BCUT2D eigenvalue weighted by atomic mass is 127. The molecule has 0 aliphatic carbocycles. The summed E-state index contributed by atoms with van der Waals surface area (Å²) < 4.78 is 4.38. The van der Waals surface area contributed by atoms with Gasteiger partial charge in [0.05, 0.1) is 0 Å². The van der Waals surface area contributed by atoms with Crippen molar-refractivity contribution in [2.75, 3.05) is 44.7 Å². The minimum absolute atomic E-state index is 0. The van der Waals surface area contributed by atoms with Crippen molar-refractivity contribution in [2.45, 2.75) is 34.1 Å². The molecule has 1 aliphatic rings. The maximum Gasteiger partial charge on any atom is 0.205 e. The molecule has 0 aromatic carbocycles. The molecule has 6 nitrogen and oxygen atoms in total. The second-order valence-electron chi connectivity index (χ2n) is 6.78. The summed E-state index contributed by atoms with van der Waals surface area (Å²) in [4.78, 5) is 13.6. The molecule has 0 amide bonds. The molecule has 1 N–H and O–H groups in total. The highest BCUT2D eigenvalue weighted by molar-refractivity contribution is 14.0. The van der Waals surface area contributed by atoms with E-state index >= 15 is 0 Å². The Kier molecular flexibility index (Phi) is 7.99. The average Bonchev–Trinajstić information content (AvgIpc) is 2.96. The zero-order valence-corrected chi connectivity index (χ0v) is 17.9. The van der Waals surface area contributed by atoms with Crippen LogP contribution in [-0.2, 0) is 6.42 Å². The molecule has 23 heavy (non-hydrogen) atoms. The number of anilines is 1. The van der Waals surface area contributed by atoms with Gasteiger partial charge in [0.25, 0.3) is 0 Å². The van der Waals surface area contributed by atoms with Gasteiger partial charge in [0.1, 0.15) is 5.82 Å². The molecule has 0 radical (unpaired) electrons. The summed E-state index contributed by atoms with van der Waals surface area (Å²) in [7, 11) is 1.86. The van der Waals surface area contributed by atoms with E-state index in [1.54, 1.807) is 0 Å². The van der Waals surface area contributed by atoms with Crippen LogP contribution >= 0.6 is 35.5 Å². The normalized spacial score (nSPS) is 16.3. The van der Waals surface area contributed by atoms with Crippen LogP contribution in [0.2, 0.25) is 0 Å². The Bertz CT molecular complexity index is 502. The first kappa shape index (κ1) is 20.4. The molecule has 1 saturated heterocycles. The van der Waals surface area contributed by atoms with E-state index in [0.29, 0.717) is 0 Å². The van der Waals surface area contributed by atoms with Gasteiger partial charge in [0, 0.05) is 57.7 Å². The molecule has 0 atom stereocenters. The molecule has 132 valence electrons. The fourth-order valence-corrected chi connectivity index (χ4v) is 3.10. The number of piperazine rings is 1. The van der Waals surface area contributed by atoms with Gasteiger partial charge in [0.15, 0.2) is 5.96 Å². The van der Waals surface area contributed by atoms with Crippen LogP contribution < -0.4 is 10.2 Å². The summed E-state index contributed by atoms with van der Waals surface area (Å²) in [6.07, 6.45) is 0.903. The van der Waals surface area contributed by atoms with E-state index in [-0.39, 0.29) is 29.4 Å². The first-order valence-corrected chi connectivity index (χ1v) is 8.73. The smallest absolute Gasteiger partial charge is 0.205 e. The van der Waals surface area contributed by atoms with Crippen molar-refractivity contribution in [3.05, 3.63) is 5.82 Å². The Hall–Kier alpha value is -0.640. The first-order valence-electron chi connectivity index (χ1n) is 7.96. The molecule has 1 aromatic heterocycles. The van der Waals surface area contributed by atoms with Gasteiger partial charge in [-0.3, -0.25) is 4.99 Å². The highest BCUT2D eigenvalue weighted by Crippen LogP contribution is 2.19. The van der Waals surface area contributed by atoms with Gasteiger partial charge in [-0.05, 0) is 5.41 Å². The van der Waals surface area contributed by atoms with Gasteiger partial charge >= 0.3 is 0 Å². The standard InChI is InChI=1S/C15H28N6S.HI/c1-6-12-18-14(22-19-12)21-9-7-20(8-10-21)13(16-5)17-11-15(2,3)4;/h6-11H2,1-5H3,(H,16,17);1H. The molecule has 2 rings (SSSR count). The van der Waals surface area contributed by atoms with E-state index in [2.05, 4.69) is 57.2 Å². The number of nitrogens with zero attached hydrogens (tertiary/aromatic N) is 5. The number of hydrogen-bond donors (Lipinski definition) is 1. The lowest BCUT2D eigenvalue weighted by atomic mass is 9.97. The van der Waals surface area contributed by atoms with Crippen molar-refractivity contribution in [3.63, 3.8) is 0 Å². The van der Waals surface area contributed by atoms with Crippen LogP contribution in [0, 0.1) is 5.41 Å². The molecular formula is C15H29IN6S. The summed E-state index contributed by atoms with van der Waals surface area (Å²) in [6, 6.07) is 0. The van der Waals surface area contributed by atoms with Crippen molar-refractivity contribution in [1.82, 2.24) is 19.6 Å². The van der Waals surface area contributed by atoms with E-state index in [0.717, 1.165) is 56.1 Å². The number of aryl methyl sites for hydroxylation is 1. The predicted octanol–water partition coefficient (Wildman–Crippen LogP) is 2.46. The van der Waals surface area contributed by atoms with E-state index in [1.807, 2.05) is 7.05 Å². The number of halogens is 1. The molecule has 0 saturated carbocycles. The van der Waals surface area contributed by atoms with Crippen LogP contribution in [0.15, 0.2) is 4.99 Å². The lowest BCUT2D eigenvalue weighted by Gasteiger charge is -2.36. The van der Waals surface area contributed by atoms with Gasteiger partial charge in [0.2, 0.25) is 5.13 Å². The molecule has 1 fully saturated rings.